The Morgan fingerprint density at radius 2 is 2.04 bits per heavy atom. The van der Waals surface area contributed by atoms with Gasteiger partial charge in [0.15, 0.2) is 0 Å². The maximum absolute atomic E-state index is 12.3. The van der Waals surface area contributed by atoms with Gasteiger partial charge >= 0.3 is 5.97 Å². The van der Waals surface area contributed by atoms with Gasteiger partial charge in [0.2, 0.25) is 11.8 Å². The first kappa shape index (κ1) is 19.2. The van der Waals surface area contributed by atoms with Gasteiger partial charge in [0.25, 0.3) is 0 Å². The minimum Gasteiger partial charge on any atom is -0.480 e. The highest BCUT2D eigenvalue weighted by Crippen LogP contribution is 2.26. The highest BCUT2D eigenvalue weighted by Gasteiger charge is 2.33. The number of hydrogen-bond donors (Lipinski definition) is 2. The molecular weight excluding hydrogens is 344 g/mol. The molecule has 1 aliphatic rings. The number of nitrogens with zero attached hydrogens (tertiary/aromatic N) is 1. The molecule has 7 heteroatoms. The Bertz CT molecular complexity index is 662. The summed E-state index contributed by atoms with van der Waals surface area (Å²) in [5.41, 5.74) is 0.829. The Hall–Kier alpha value is -2.08. The third-order valence-electron chi connectivity index (χ3n) is 4.42. The van der Waals surface area contributed by atoms with Crippen LogP contribution in [0.15, 0.2) is 24.3 Å². The van der Waals surface area contributed by atoms with E-state index in [1.807, 2.05) is 18.2 Å². The minimum absolute atomic E-state index is 0.0173. The minimum atomic E-state index is -1.06. The van der Waals surface area contributed by atoms with Gasteiger partial charge in [-0.15, -0.1) is 0 Å². The van der Waals surface area contributed by atoms with Gasteiger partial charge in [-0.25, -0.2) is 4.79 Å². The molecule has 1 saturated heterocycles. The first-order valence-electron chi connectivity index (χ1n) is 8.34. The topological polar surface area (TPSA) is 86.7 Å². The number of amides is 2. The largest absolute Gasteiger partial charge is 0.480 e. The third kappa shape index (κ3) is 4.95. The first-order valence-corrected chi connectivity index (χ1v) is 8.72. The summed E-state index contributed by atoms with van der Waals surface area (Å²) in [6.07, 6.45) is 1.05. The van der Waals surface area contributed by atoms with Crippen LogP contribution in [0.3, 0.4) is 0 Å². The molecule has 1 aliphatic heterocycles. The zero-order valence-corrected chi connectivity index (χ0v) is 15.1. The SMILES string of the molecule is CC(C)[C@H](NC(=O)C[C@@H]1CCC(=O)N1Cc1ccccc1Cl)C(=O)O. The Balaban J connectivity index is 2.02. The van der Waals surface area contributed by atoms with Crippen LogP contribution in [0.25, 0.3) is 0 Å². The van der Waals surface area contributed by atoms with E-state index in [1.165, 1.54) is 0 Å². The van der Waals surface area contributed by atoms with Gasteiger partial charge in [-0.05, 0) is 24.0 Å². The third-order valence-corrected chi connectivity index (χ3v) is 4.79. The van der Waals surface area contributed by atoms with Crippen LogP contribution in [0, 0.1) is 5.92 Å². The molecule has 1 aromatic rings. The monoisotopic (exact) mass is 366 g/mol. The Morgan fingerprint density at radius 1 is 1.36 bits per heavy atom. The molecule has 0 unspecified atom stereocenters. The number of carbonyl (C=O) groups excluding carboxylic acids is 2. The Morgan fingerprint density at radius 3 is 2.64 bits per heavy atom. The summed E-state index contributed by atoms with van der Waals surface area (Å²) in [4.78, 5) is 37.3. The van der Waals surface area contributed by atoms with E-state index in [-0.39, 0.29) is 30.2 Å². The lowest BCUT2D eigenvalue weighted by Crippen LogP contribution is -2.46. The van der Waals surface area contributed by atoms with E-state index in [2.05, 4.69) is 5.32 Å². The van der Waals surface area contributed by atoms with E-state index in [0.717, 1.165) is 5.56 Å². The van der Waals surface area contributed by atoms with Crippen LogP contribution in [0.5, 0.6) is 0 Å². The summed E-state index contributed by atoms with van der Waals surface area (Å²) in [6.45, 7) is 3.83. The van der Waals surface area contributed by atoms with Gasteiger partial charge in [-0.1, -0.05) is 43.6 Å². The second-order valence-corrected chi connectivity index (χ2v) is 7.04. The van der Waals surface area contributed by atoms with Crippen molar-refractivity contribution in [1.29, 1.82) is 0 Å². The highest BCUT2D eigenvalue weighted by molar-refractivity contribution is 6.31. The molecule has 2 amide bonds. The van der Waals surface area contributed by atoms with Crippen molar-refractivity contribution < 1.29 is 19.5 Å². The first-order chi connectivity index (χ1) is 11.8. The molecule has 2 N–H and O–H groups in total. The number of hydrogen-bond acceptors (Lipinski definition) is 3. The number of carboxylic acid groups (broad SMARTS) is 1. The summed E-state index contributed by atoms with van der Waals surface area (Å²) in [6, 6.07) is 6.11. The molecule has 2 rings (SSSR count). The number of aliphatic carboxylic acids is 1. The second-order valence-electron chi connectivity index (χ2n) is 6.64. The predicted molar refractivity (Wildman–Crippen MR) is 94.0 cm³/mol. The molecule has 2 atom stereocenters. The van der Waals surface area contributed by atoms with Gasteiger partial charge in [-0.2, -0.15) is 0 Å². The quantitative estimate of drug-likeness (QED) is 0.776. The molecule has 0 aromatic heterocycles. The standard InChI is InChI=1S/C18H23ClN2O4/c1-11(2)17(18(24)25)20-15(22)9-13-7-8-16(23)21(13)10-12-5-3-4-6-14(12)19/h3-6,11,13,17H,7-10H2,1-2H3,(H,20,22)(H,24,25)/t13-,17-/m0/s1. The fourth-order valence-corrected chi connectivity index (χ4v) is 3.19. The number of nitrogens with one attached hydrogen (secondary N) is 1. The molecule has 1 fully saturated rings. The van der Waals surface area contributed by atoms with Gasteiger partial charge in [0.05, 0.1) is 0 Å². The van der Waals surface area contributed by atoms with Crippen molar-refractivity contribution in [3.8, 4) is 0 Å². The average Bonchev–Trinajstić information content (AvgIpc) is 2.87. The molecule has 0 radical (unpaired) electrons. The smallest absolute Gasteiger partial charge is 0.326 e. The van der Waals surface area contributed by atoms with Crippen molar-refractivity contribution in [3.63, 3.8) is 0 Å². The molecule has 0 spiro atoms. The summed E-state index contributed by atoms with van der Waals surface area (Å²) >= 11 is 6.16. The van der Waals surface area contributed by atoms with Crippen molar-refractivity contribution in [3.05, 3.63) is 34.9 Å². The Kier molecular flexibility index (Phi) is 6.42. The van der Waals surface area contributed by atoms with E-state index in [4.69, 9.17) is 11.6 Å². The second kappa shape index (κ2) is 8.34. The summed E-state index contributed by atoms with van der Waals surface area (Å²) in [5.74, 6) is -1.65. The molecule has 136 valence electrons. The van der Waals surface area contributed by atoms with E-state index in [9.17, 15) is 19.5 Å². The molecule has 25 heavy (non-hydrogen) atoms. The van der Waals surface area contributed by atoms with Gasteiger partial charge in [-0.3, -0.25) is 9.59 Å². The number of halogens is 1. The number of benzene rings is 1. The van der Waals surface area contributed by atoms with Crippen LogP contribution >= 0.6 is 11.6 Å². The van der Waals surface area contributed by atoms with Crippen LogP contribution in [0.1, 0.15) is 38.7 Å². The zero-order valence-electron chi connectivity index (χ0n) is 14.4. The number of carbonyl (C=O) groups is 3. The lowest BCUT2D eigenvalue weighted by Gasteiger charge is -2.26. The van der Waals surface area contributed by atoms with Crippen molar-refractivity contribution in [2.24, 2.45) is 5.92 Å². The molecule has 0 saturated carbocycles. The number of rotatable bonds is 7. The number of carboxylic acids is 1. The van der Waals surface area contributed by atoms with Crippen LogP contribution < -0.4 is 5.32 Å². The fourth-order valence-electron chi connectivity index (χ4n) is 2.99. The molecule has 1 heterocycles. The summed E-state index contributed by atoms with van der Waals surface area (Å²) in [5, 5.41) is 12.3. The molecule has 1 aromatic carbocycles. The Labute approximate surface area is 152 Å². The summed E-state index contributed by atoms with van der Waals surface area (Å²) in [7, 11) is 0. The van der Waals surface area contributed by atoms with E-state index < -0.39 is 12.0 Å². The van der Waals surface area contributed by atoms with Crippen molar-refractivity contribution >= 4 is 29.4 Å². The zero-order chi connectivity index (χ0) is 18.6. The molecule has 6 nitrogen and oxygen atoms in total. The van der Waals surface area contributed by atoms with Crippen LogP contribution in [0.2, 0.25) is 5.02 Å². The average molecular weight is 367 g/mol. The van der Waals surface area contributed by atoms with E-state index in [0.29, 0.717) is 24.4 Å². The van der Waals surface area contributed by atoms with Crippen molar-refractivity contribution in [2.75, 3.05) is 0 Å². The maximum Gasteiger partial charge on any atom is 0.326 e. The predicted octanol–water partition coefficient (Wildman–Crippen LogP) is 2.45. The highest BCUT2D eigenvalue weighted by atomic mass is 35.5. The van der Waals surface area contributed by atoms with Gasteiger partial charge in [0, 0.05) is 30.5 Å². The van der Waals surface area contributed by atoms with E-state index >= 15 is 0 Å². The van der Waals surface area contributed by atoms with Crippen LogP contribution in [-0.2, 0) is 20.9 Å². The van der Waals surface area contributed by atoms with Gasteiger partial charge in [0.1, 0.15) is 6.04 Å². The van der Waals surface area contributed by atoms with Crippen LogP contribution in [0.4, 0.5) is 0 Å². The summed E-state index contributed by atoms with van der Waals surface area (Å²) < 4.78 is 0. The lowest BCUT2D eigenvalue weighted by atomic mass is 10.0. The van der Waals surface area contributed by atoms with Crippen molar-refractivity contribution in [2.45, 2.75) is 51.7 Å². The fraction of sp³-hybridized carbons (Fsp3) is 0.500. The lowest BCUT2D eigenvalue weighted by molar-refractivity contribution is -0.143. The van der Waals surface area contributed by atoms with E-state index in [1.54, 1.807) is 24.8 Å². The van der Waals surface area contributed by atoms with Crippen LogP contribution in [-0.4, -0.2) is 39.9 Å². The molecular formula is C18H23ClN2O4. The maximum atomic E-state index is 12.3. The molecule has 0 aliphatic carbocycles. The normalized spacial score (nSPS) is 18.5. The van der Waals surface area contributed by atoms with Crippen molar-refractivity contribution in [1.82, 2.24) is 10.2 Å². The number of likely N-dealkylation sites (tertiary alicyclic amines) is 1. The van der Waals surface area contributed by atoms with Gasteiger partial charge < -0.3 is 15.3 Å². The molecule has 0 bridgehead atoms.